The van der Waals surface area contributed by atoms with E-state index in [9.17, 15) is 4.79 Å². The molecular formula is C14H14N4OS2. The zero-order valence-corrected chi connectivity index (χ0v) is 13.5. The highest BCUT2D eigenvalue weighted by atomic mass is 32.1. The number of nitrogens with zero attached hydrogens (tertiary/aromatic N) is 4. The number of para-hydroxylation sites is 1. The second-order valence-corrected chi connectivity index (χ2v) is 6.62. The van der Waals surface area contributed by atoms with Crippen molar-refractivity contribution in [3.8, 4) is 0 Å². The first-order valence-electron chi connectivity index (χ1n) is 6.49. The lowest BCUT2D eigenvalue weighted by molar-refractivity contribution is 0.0746. The van der Waals surface area contributed by atoms with E-state index in [0.29, 0.717) is 10.6 Å². The lowest BCUT2D eigenvalue weighted by Gasteiger charge is -2.22. The largest absolute Gasteiger partial charge is 0.332 e. The van der Waals surface area contributed by atoms with Crippen LogP contribution in [0.1, 0.15) is 33.3 Å². The summed E-state index contributed by atoms with van der Waals surface area (Å²) in [5, 5.41) is 4.83. The maximum Gasteiger partial charge on any atom is 0.267 e. The van der Waals surface area contributed by atoms with Crippen LogP contribution in [-0.2, 0) is 0 Å². The first kappa shape index (κ1) is 14.1. The van der Waals surface area contributed by atoms with Gasteiger partial charge in [0.25, 0.3) is 5.91 Å². The monoisotopic (exact) mass is 318 g/mol. The van der Waals surface area contributed by atoms with Gasteiger partial charge >= 0.3 is 0 Å². The highest BCUT2D eigenvalue weighted by molar-refractivity contribution is 7.18. The molecule has 0 bridgehead atoms. The molecule has 1 atom stereocenters. The Morgan fingerprint density at radius 1 is 1.33 bits per heavy atom. The number of aryl methyl sites for hydroxylation is 1. The van der Waals surface area contributed by atoms with Crippen molar-refractivity contribution in [2.24, 2.45) is 0 Å². The Hall–Kier alpha value is -1.86. The summed E-state index contributed by atoms with van der Waals surface area (Å²) in [4.78, 5) is 19.4. The van der Waals surface area contributed by atoms with Gasteiger partial charge in [0.1, 0.15) is 9.88 Å². The van der Waals surface area contributed by atoms with Crippen molar-refractivity contribution in [3.63, 3.8) is 0 Å². The number of carbonyl (C=O) groups excluding carboxylic acids is 1. The molecule has 3 rings (SSSR count). The van der Waals surface area contributed by atoms with Gasteiger partial charge in [-0.15, -0.1) is 16.4 Å². The van der Waals surface area contributed by atoms with E-state index >= 15 is 0 Å². The van der Waals surface area contributed by atoms with Crippen molar-refractivity contribution in [1.29, 1.82) is 0 Å². The summed E-state index contributed by atoms with van der Waals surface area (Å²) < 4.78 is 4.96. The minimum absolute atomic E-state index is 0.0609. The number of fused-ring (bicyclic) bond motifs is 1. The summed E-state index contributed by atoms with van der Waals surface area (Å²) in [6.45, 7) is 3.78. The molecule has 0 saturated carbocycles. The second kappa shape index (κ2) is 5.50. The molecule has 2 aromatic heterocycles. The number of thiazole rings is 1. The summed E-state index contributed by atoms with van der Waals surface area (Å²) in [6, 6.07) is 7.91. The van der Waals surface area contributed by atoms with E-state index in [1.54, 1.807) is 30.2 Å². The number of hydrogen-bond acceptors (Lipinski definition) is 6. The summed E-state index contributed by atoms with van der Waals surface area (Å²) in [5.74, 6) is -0.0609. The second-order valence-electron chi connectivity index (χ2n) is 4.80. The molecular weight excluding hydrogens is 304 g/mol. The minimum Gasteiger partial charge on any atom is -0.332 e. The third kappa shape index (κ3) is 2.54. The quantitative estimate of drug-likeness (QED) is 0.743. The number of aromatic nitrogens is 3. The van der Waals surface area contributed by atoms with E-state index in [0.717, 1.165) is 26.8 Å². The van der Waals surface area contributed by atoms with Crippen LogP contribution in [0.5, 0.6) is 0 Å². The fraction of sp³-hybridized carbons (Fsp3) is 0.286. The van der Waals surface area contributed by atoms with Crippen LogP contribution in [0, 0.1) is 6.92 Å². The first-order chi connectivity index (χ1) is 10.1. The zero-order chi connectivity index (χ0) is 15.0. The summed E-state index contributed by atoms with van der Waals surface area (Å²) in [5.41, 5.74) is 1.65. The number of carbonyl (C=O) groups is 1. The topological polar surface area (TPSA) is 59.0 Å². The molecule has 21 heavy (non-hydrogen) atoms. The van der Waals surface area contributed by atoms with Crippen molar-refractivity contribution in [2.45, 2.75) is 19.9 Å². The van der Waals surface area contributed by atoms with Gasteiger partial charge in [-0.25, -0.2) is 4.98 Å². The maximum atomic E-state index is 12.5. The van der Waals surface area contributed by atoms with E-state index in [4.69, 9.17) is 0 Å². The maximum absolute atomic E-state index is 12.5. The first-order valence-corrected chi connectivity index (χ1v) is 8.08. The van der Waals surface area contributed by atoms with Gasteiger partial charge in [-0.3, -0.25) is 4.79 Å². The van der Waals surface area contributed by atoms with Gasteiger partial charge in [0.05, 0.1) is 22.0 Å². The Balaban J connectivity index is 1.88. The van der Waals surface area contributed by atoms with Gasteiger partial charge in [-0.2, -0.15) is 0 Å². The van der Waals surface area contributed by atoms with Crippen LogP contribution in [-0.4, -0.2) is 32.4 Å². The molecule has 108 valence electrons. The van der Waals surface area contributed by atoms with Gasteiger partial charge in [0.15, 0.2) is 0 Å². The molecule has 3 aromatic rings. The number of rotatable bonds is 3. The number of hydrogen-bond donors (Lipinski definition) is 0. The molecule has 0 saturated heterocycles. The van der Waals surface area contributed by atoms with Gasteiger partial charge in [0.2, 0.25) is 0 Å². The van der Waals surface area contributed by atoms with Crippen LogP contribution in [0.25, 0.3) is 10.2 Å². The molecule has 1 amide bonds. The van der Waals surface area contributed by atoms with Crippen molar-refractivity contribution in [2.75, 3.05) is 7.05 Å². The molecule has 0 aliphatic heterocycles. The highest BCUT2D eigenvalue weighted by Crippen LogP contribution is 2.29. The predicted octanol–water partition coefficient (Wildman–Crippen LogP) is 3.29. The molecule has 1 aromatic carbocycles. The Morgan fingerprint density at radius 3 is 2.76 bits per heavy atom. The Labute approximate surface area is 130 Å². The Morgan fingerprint density at radius 2 is 2.10 bits per heavy atom. The fourth-order valence-electron chi connectivity index (χ4n) is 2.00. The molecule has 0 fully saturated rings. The summed E-state index contributed by atoms with van der Waals surface area (Å²) in [7, 11) is 1.79. The van der Waals surface area contributed by atoms with E-state index in [-0.39, 0.29) is 11.9 Å². The van der Waals surface area contributed by atoms with Crippen molar-refractivity contribution < 1.29 is 4.79 Å². The zero-order valence-electron chi connectivity index (χ0n) is 11.9. The van der Waals surface area contributed by atoms with Crippen LogP contribution >= 0.6 is 22.9 Å². The van der Waals surface area contributed by atoms with Crippen molar-refractivity contribution in [1.82, 2.24) is 19.5 Å². The molecule has 5 nitrogen and oxygen atoms in total. The number of amides is 1. The van der Waals surface area contributed by atoms with E-state index in [2.05, 4.69) is 14.6 Å². The van der Waals surface area contributed by atoms with Crippen molar-refractivity contribution >= 4 is 39.0 Å². The van der Waals surface area contributed by atoms with E-state index in [1.165, 1.54) is 0 Å². The summed E-state index contributed by atoms with van der Waals surface area (Å²) >= 11 is 2.75. The molecule has 0 spiro atoms. The molecule has 0 N–H and O–H groups in total. The van der Waals surface area contributed by atoms with Gasteiger partial charge in [0, 0.05) is 7.05 Å². The van der Waals surface area contributed by atoms with E-state index < -0.39 is 0 Å². The van der Waals surface area contributed by atoms with E-state index in [1.807, 2.05) is 31.2 Å². The standard InChI is InChI=1S/C14H14N4OS2/c1-8-12(21-17-16-8)14(19)18(3)9(2)13-15-10-6-4-5-7-11(10)20-13/h4-7,9H,1-3H3/t9-/m1/s1. The van der Waals surface area contributed by atoms with Crippen LogP contribution in [0.3, 0.4) is 0 Å². The smallest absolute Gasteiger partial charge is 0.267 e. The average molecular weight is 318 g/mol. The molecule has 7 heteroatoms. The highest BCUT2D eigenvalue weighted by Gasteiger charge is 2.24. The summed E-state index contributed by atoms with van der Waals surface area (Å²) in [6.07, 6.45) is 0. The molecule has 0 aliphatic rings. The van der Waals surface area contributed by atoms with Crippen LogP contribution in [0.4, 0.5) is 0 Å². The average Bonchev–Trinajstić information content (AvgIpc) is 3.10. The van der Waals surface area contributed by atoms with Crippen LogP contribution in [0.15, 0.2) is 24.3 Å². The van der Waals surface area contributed by atoms with Crippen molar-refractivity contribution in [3.05, 3.63) is 39.8 Å². The third-order valence-corrected chi connectivity index (χ3v) is 5.44. The van der Waals surface area contributed by atoms with Crippen LogP contribution in [0.2, 0.25) is 0 Å². The molecule has 2 heterocycles. The fourth-order valence-corrected chi connectivity index (χ4v) is 3.70. The van der Waals surface area contributed by atoms with Gasteiger partial charge in [-0.05, 0) is 37.5 Å². The SMILES string of the molecule is Cc1nnsc1C(=O)N(C)[C@H](C)c1nc2ccccc2s1. The lowest BCUT2D eigenvalue weighted by atomic mass is 10.2. The molecule has 0 unspecified atom stereocenters. The minimum atomic E-state index is -0.0867. The third-order valence-electron chi connectivity index (χ3n) is 3.41. The normalized spacial score (nSPS) is 12.5. The van der Waals surface area contributed by atoms with Crippen LogP contribution < -0.4 is 0 Å². The van der Waals surface area contributed by atoms with Gasteiger partial charge < -0.3 is 4.90 Å². The Bertz CT molecular complexity index is 762. The molecule has 0 aliphatic carbocycles. The van der Waals surface area contributed by atoms with Gasteiger partial charge in [-0.1, -0.05) is 16.6 Å². The number of benzene rings is 1. The predicted molar refractivity (Wildman–Crippen MR) is 84.8 cm³/mol. The lowest BCUT2D eigenvalue weighted by Crippen LogP contribution is -2.29. The Kier molecular flexibility index (Phi) is 3.69. The molecule has 0 radical (unpaired) electrons.